The summed E-state index contributed by atoms with van der Waals surface area (Å²) in [4.78, 5) is 12.0. The highest BCUT2D eigenvalue weighted by Crippen LogP contribution is 2.45. The van der Waals surface area contributed by atoms with Gasteiger partial charge in [0.1, 0.15) is 0 Å². The molecule has 0 spiro atoms. The lowest BCUT2D eigenvalue weighted by Crippen LogP contribution is -2.36. The Labute approximate surface area is 195 Å². The van der Waals surface area contributed by atoms with Crippen LogP contribution in [0.15, 0.2) is 12.2 Å². The molecule has 2 aliphatic rings. The molecule has 0 radical (unpaired) electrons. The highest BCUT2D eigenvalue weighted by molar-refractivity contribution is 7.91. The molecule has 0 aromatic rings. The second-order valence-electron chi connectivity index (χ2n) is 10.5. The van der Waals surface area contributed by atoms with Crippen molar-refractivity contribution in [3.05, 3.63) is 12.2 Å². The summed E-state index contributed by atoms with van der Waals surface area (Å²) >= 11 is 0. The first-order chi connectivity index (χ1) is 15.1. The molecule has 0 saturated carbocycles. The van der Waals surface area contributed by atoms with Crippen molar-refractivity contribution in [2.45, 2.75) is 104 Å². The molecule has 6 nitrogen and oxygen atoms in total. The van der Waals surface area contributed by atoms with E-state index in [0.29, 0.717) is 17.2 Å². The average Bonchev–Trinajstić information content (AvgIpc) is 3.31. The molecule has 2 heterocycles. The first-order valence-corrected chi connectivity index (χ1v) is 14.4. The molecule has 2 saturated heterocycles. The summed E-state index contributed by atoms with van der Waals surface area (Å²) in [5.41, 5.74) is -0.615. The topological polar surface area (TPSA) is 83.9 Å². The molecule has 0 aromatic heterocycles. The van der Waals surface area contributed by atoms with E-state index in [1.165, 1.54) is 26.3 Å². The number of carbonyl (C=O) groups excluding carboxylic acids is 1. The predicted octanol–water partition coefficient (Wildman–Crippen LogP) is 5.16. The molecule has 2 rings (SSSR count). The zero-order valence-corrected chi connectivity index (χ0v) is 21.4. The van der Waals surface area contributed by atoms with E-state index in [1.807, 2.05) is 13.8 Å². The number of nitrogens with zero attached hydrogens (tertiary/aromatic N) is 1. The summed E-state index contributed by atoms with van der Waals surface area (Å²) in [7, 11) is -1.70. The van der Waals surface area contributed by atoms with E-state index in [4.69, 9.17) is 4.74 Å². The number of amides is 1. The van der Waals surface area contributed by atoms with E-state index in [0.717, 1.165) is 44.9 Å². The van der Waals surface area contributed by atoms with Crippen LogP contribution in [0.3, 0.4) is 0 Å². The number of fused-ring (bicyclic) bond motifs is 2. The van der Waals surface area contributed by atoms with Crippen molar-refractivity contribution in [1.29, 1.82) is 0 Å². The maximum atomic E-state index is 12.8. The lowest BCUT2D eigenvalue weighted by atomic mass is 9.78. The van der Waals surface area contributed by atoms with Gasteiger partial charge in [0.05, 0.1) is 23.7 Å². The third-order valence-electron chi connectivity index (χ3n) is 7.23. The number of hydroxylamine groups is 2. The van der Waals surface area contributed by atoms with Gasteiger partial charge in [0.2, 0.25) is 0 Å². The minimum absolute atomic E-state index is 0.0920. The Kier molecular flexibility index (Phi) is 10.7. The lowest BCUT2D eigenvalue weighted by molar-refractivity contribution is -0.169. The quantitative estimate of drug-likeness (QED) is 0.154. The first-order valence-electron chi connectivity index (χ1n) is 12.6. The summed E-state index contributed by atoms with van der Waals surface area (Å²) in [5, 5.41) is 10.0. The van der Waals surface area contributed by atoms with Gasteiger partial charge in [-0.25, -0.2) is 13.5 Å². The van der Waals surface area contributed by atoms with Gasteiger partial charge in [-0.05, 0) is 44.4 Å². The van der Waals surface area contributed by atoms with Gasteiger partial charge in [-0.2, -0.15) is 0 Å². The molecule has 2 fully saturated rings. The SMILES string of the molecule is CCCCCCCCS(=O)(=O)C[C@@H]1[C@H](C/C=C\CCC(C)(C)C(=O)N(C)O)[C@@H]2CC[C@H]1O2. The molecular weight excluding hydrogens is 426 g/mol. The van der Waals surface area contributed by atoms with Gasteiger partial charge in [-0.15, -0.1) is 0 Å². The smallest absolute Gasteiger partial charge is 0.251 e. The lowest BCUT2D eigenvalue weighted by Gasteiger charge is -2.27. The van der Waals surface area contributed by atoms with Gasteiger partial charge in [-0.1, -0.05) is 65.0 Å². The van der Waals surface area contributed by atoms with E-state index in [9.17, 15) is 18.4 Å². The fourth-order valence-electron chi connectivity index (χ4n) is 5.27. The van der Waals surface area contributed by atoms with Crippen LogP contribution in [0, 0.1) is 17.3 Å². The Hall–Kier alpha value is -0.920. The summed E-state index contributed by atoms with van der Waals surface area (Å²) in [6, 6.07) is 0. The van der Waals surface area contributed by atoms with Crippen molar-refractivity contribution in [2.75, 3.05) is 18.6 Å². The molecule has 2 bridgehead atoms. The van der Waals surface area contributed by atoms with Gasteiger partial charge >= 0.3 is 0 Å². The molecular formula is C25H45NO5S. The van der Waals surface area contributed by atoms with E-state index in [1.54, 1.807) is 0 Å². The molecule has 0 aliphatic carbocycles. The number of ether oxygens (including phenoxy) is 1. The van der Waals surface area contributed by atoms with Crippen molar-refractivity contribution in [1.82, 2.24) is 5.06 Å². The van der Waals surface area contributed by atoms with Gasteiger partial charge in [0.15, 0.2) is 9.84 Å². The molecule has 1 N–H and O–H groups in total. The van der Waals surface area contributed by atoms with Crippen molar-refractivity contribution >= 4 is 15.7 Å². The highest BCUT2D eigenvalue weighted by Gasteiger charge is 2.49. The third kappa shape index (κ3) is 8.14. The van der Waals surface area contributed by atoms with E-state index >= 15 is 0 Å². The largest absolute Gasteiger partial charge is 0.374 e. The Morgan fingerprint density at radius 3 is 2.34 bits per heavy atom. The third-order valence-corrected chi connectivity index (χ3v) is 9.03. The van der Waals surface area contributed by atoms with Crippen LogP contribution in [0.5, 0.6) is 0 Å². The van der Waals surface area contributed by atoms with E-state index < -0.39 is 15.3 Å². The average molecular weight is 472 g/mol. The molecule has 32 heavy (non-hydrogen) atoms. The van der Waals surface area contributed by atoms with Gasteiger partial charge in [0, 0.05) is 18.4 Å². The van der Waals surface area contributed by atoms with Crippen molar-refractivity contribution in [2.24, 2.45) is 17.3 Å². The number of hydrogen-bond donors (Lipinski definition) is 1. The maximum Gasteiger partial charge on any atom is 0.251 e. The van der Waals surface area contributed by atoms with E-state index in [2.05, 4.69) is 19.1 Å². The van der Waals surface area contributed by atoms with E-state index in [-0.39, 0.29) is 35.7 Å². The van der Waals surface area contributed by atoms with Crippen molar-refractivity contribution < 1.29 is 23.2 Å². The predicted molar refractivity (Wildman–Crippen MR) is 128 cm³/mol. The normalized spacial score (nSPS) is 25.7. The summed E-state index contributed by atoms with van der Waals surface area (Å²) in [6.07, 6.45) is 15.3. The summed E-state index contributed by atoms with van der Waals surface area (Å²) in [5.74, 6) is 0.638. The molecule has 4 atom stereocenters. The highest BCUT2D eigenvalue weighted by atomic mass is 32.2. The molecule has 0 unspecified atom stereocenters. The number of carbonyl (C=O) groups is 1. The van der Waals surface area contributed by atoms with Gasteiger partial charge < -0.3 is 4.74 Å². The summed E-state index contributed by atoms with van der Waals surface area (Å²) in [6.45, 7) is 5.86. The van der Waals surface area contributed by atoms with Crippen LogP contribution >= 0.6 is 0 Å². The Bertz CT molecular complexity index is 716. The molecule has 0 aromatic carbocycles. The second kappa shape index (κ2) is 12.5. The zero-order chi connectivity index (χ0) is 23.8. The Morgan fingerprint density at radius 2 is 1.69 bits per heavy atom. The van der Waals surface area contributed by atoms with Crippen LogP contribution < -0.4 is 0 Å². The zero-order valence-electron chi connectivity index (χ0n) is 20.6. The van der Waals surface area contributed by atoms with Crippen molar-refractivity contribution in [3.63, 3.8) is 0 Å². The Balaban J connectivity index is 1.81. The standard InChI is InChI=1S/C25H45NO5S/c1-5-6-7-8-9-13-18-32(29,30)19-21-20(22-15-16-23(21)31-22)14-11-10-12-17-25(2,3)24(27)26(4)28/h10-11,20-23,28H,5-9,12-19H2,1-4H3/b11-10-/t20-,21+,22-,23+/m0/s1. The molecule has 1 amide bonds. The minimum Gasteiger partial charge on any atom is -0.374 e. The van der Waals surface area contributed by atoms with Crippen molar-refractivity contribution in [3.8, 4) is 0 Å². The molecule has 186 valence electrons. The number of rotatable bonds is 15. The van der Waals surface area contributed by atoms with Gasteiger partial charge in [0.25, 0.3) is 5.91 Å². The van der Waals surface area contributed by atoms with Crippen LogP contribution in [0.25, 0.3) is 0 Å². The van der Waals surface area contributed by atoms with Crippen LogP contribution in [-0.2, 0) is 19.4 Å². The second-order valence-corrected chi connectivity index (χ2v) is 12.7. The maximum absolute atomic E-state index is 12.8. The molecule has 7 heteroatoms. The fraction of sp³-hybridized carbons (Fsp3) is 0.880. The van der Waals surface area contributed by atoms with Crippen LogP contribution in [0.4, 0.5) is 0 Å². The molecule has 2 aliphatic heterocycles. The summed E-state index contributed by atoms with van der Waals surface area (Å²) < 4.78 is 31.7. The van der Waals surface area contributed by atoms with Gasteiger partial charge in [-0.3, -0.25) is 10.0 Å². The number of allylic oxidation sites excluding steroid dienone is 2. The number of unbranched alkanes of at least 4 members (excludes halogenated alkanes) is 5. The van der Waals surface area contributed by atoms with Crippen LogP contribution in [0.2, 0.25) is 0 Å². The first kappa shape index (κ1) is 27.3. The minimum atomic E-state index is -3.06. The number of sulfone groups is 1. The Morgan fingerprint density at radius 1 is 1.06 bits per heavy atom. The monoisotopic (exact) mass is 471 g/mol. The van der Waals surface area contributed by atoms with Crippen LogP contribution in [-0.4, -0.2) is 55.4 Å². The number of hydrogen-bond acceptors (Lipinski definition) is 5. The fourth-order valence-corrected chi connectivity index (χ4v) is 7.13. The van der Waals surface area contributed by atoms with Crippen LogP contribution in [0.1, 0.15) is 91.4 Å².